The molecule has 0 N–H and O–H groups in total. The van der Waals surface area contributed by atoms with Crippen molar-refractivity contribution in [2.75, 3.05) is 0 Å². The standard InChI is InChI=1S/C56H30N4O2/c57-31-35-10-9-11-36(32-58)52(35)34-22-20-33(21-23-34)38-25-24-37(59-45-16-5-1-14-43(45)53-47(59)28-26-41-39-12-3-7-18-50(39)61-55(41)53)30-49(38)60-46-17-6-2-15-44(46)54-48(60)29-27-42-40-13-4-8-19-51(40)62-56(42)54/h1-30H. The molecule has 0 amide bonds. The molecule has 0 saturated heterocycles. The van der Waals surface area contributed by atoms with Crippen LogP contribution in [-0.2, 0) is 0 Å². The Balaban J connectivity index is 1.11. The van der Waals surface area contributed by atoms with Gasteiger partial charge in [-0.15, -0.1) is 0 Å². The number of rotatable bonds is 4. The van der Waals surface area contributed by atoms with E-state index in [2.05, 4.69) is 149 Å². The summed E-state index contributed by atoms with van der Waals surface area (Å²) < 4.78 is 18.1. The van der Waals surface area contributed by atoms with Crippen LogP contribution >= 0.6 is 0 Å². The number of fused-ring (bicyclic) bond motifs is 14. The van der Waals surface area contributed by atoms with Crippen LogP contribution in [0.2, 0.25) is 0 Å². The van der Waals surface area contributed by atoms with Crippen molar-refractivity contribution in [2.45, 2.75) is 0 Å². The van der Waals surface area contributed by atoms with Crippen LogP contribution in [0.5, 0.6) is 0 Å². The predicted octanol–water partition coefficient (Wildman–Crippen LogP) is 14.8. The van der Waals surface area contributed by atoms with Crippen LogP contribution in [0.3, 0.4) is 0 Å². The van der Waals surface area contributed by atoms with Crippen molar-refractivity contribution in [3.63, 3.8) is 0 Å². The second-order valence-corrected chi connectivity index (χ2v) is 15.8. The van der Waals surface area contributed by atoms with Gasteiger partial charge in [0.05, 0.1) is 61.8 Å². The van der Waals surface area contributed by atoms with Gasteiger partial charge in [0.15, 0.2) is 0 Å². The molecule has 0 atom stereocenters. The van der Waals surface area contributed by atoms with Gasteiger partial charge in [0.25, 0.3) is 0 Å². The lowest BCUT2D eigenvalue weighted by Gasteiger charge is -2.18. The van der Waals surface area contributed by atoms with Crippen molar-refractivity contribution in [3.05, 3.63) is 193 Å². The lowest BCUT2D eigenvalue weighted by atomic mass is 9.93. The zero-order valence-electron chi connectivity index (χ0n) is 32.9. The number of para-hydroxylation sites is 4. The fraction of sp³-hybridized carbons (Fsp3) is 0. The Kier molecular flexibility index (Phi) is 7.05. The summed E-state index contributed by atoms with van der Waals surface area (Å²) in [5.41, 5.74) is 14.1. The van der Waals surface area contributed by atoms with Crippen molar-refractivity contribution in [3.8, 4) is 45.8 Å². The molecule has 0 spiro atoms. The van der Waals surface area contributed by atoms with E-state index < -0.39 is 0 Å². The number of nitrogens with zero attached hydrogens (tertiary/aromatic N) is 4. The molecule has 0 aliphatic rings. The molecule has 9 aromatic carbocycles. The number of nitriles is 2. The van der Waals surface area contributed by atoms with E-state index in [4.69, 9.17) is 8.83 Å². The van der Waals surface area contributed by atoms with Crippen LogP contribution in [0, 0.1) is 22.7 Å². The van der Waals surface area contributed by atoms with Crippen LogP contribution in [0.4, 0.5) is 0 Å². The maximum Gasteiger partial charge on any atom is 0.145 e. The quantitative estimate of drug-likeness (QED) is 0.178. The monoisotopic (exact) mass is 790 g/mol. The van der Waals surface area contributed by atoms with E-state index in [1.807, 2.05) is 36.4 Å². The smallest absolute Gasteiger partial charge is 0.145 e. The summed E-state index contributed by atoms with van der Waals surface area (Å²) in [5.74, 6) is 0. The molecule has 286 valence electrons. The largest absolute Gasteiger partial charge is 0.455 e. The normalized spacial score (nSPS) is 11.8. The van der Waals surface area contributed by atoms with Crippen LogP contribution in [0.25, 0.3) is 121 Å². The SMILES string of the molecule is N#Cc1cccc(C#N)c1-c1ccc(-c2ccc(-n3c4ccccc4c4c5oc6ccccc6c5ccc43)cc2-n2c3ccccc3c3c4oc5ccccc5c4ccc32)cc1. The van der Waals surface area contributed by atoms with E-state index in [1.165, 1.54) is 0 Å². The fourth-order valence-corrected chi connectivity index (χ4v) is 9.96. The zero-order chi connectivity index (χ0) is 41.1. The minimum atomic E-state index is 0.468. The molecule has 0 aliphatic heterocycles. The van der Waals surface area contributed by atoms with Crippen LogP contribution in [0.15, 0.2) is 191 Å². The summed E-state index contributed by atoms with van der Waals surface area (Å²) in [7, 11) is 0. The molecule has 0 bridgehead atoms. The van der Waals surface area contributed by atoms with Crippen LogP contribution in [-0.4, -0.2) is 9.13 Å². The van der Waals surface area contributed by atoms with Gasteiger partial charge in [-0.25, -0.2) is 0 Å². The Morgan fingerprint density at radius 1 is 0.387 bits per heavy atom. The van der Waals surface area contributed by atoms with Crippen LogP contribution in [0.1, 0.15) is 11.1 Å². The van der Waals surface area contributed by atoms with Gasteiger partial charge >= 0.3 is 0 Å². The first-order chi connectivity index (χ1) is 30.7. The summed E-state index contributed by atoms with van der Waals surface area (Å²) in [6, 6.07) is 67.2. The summed E-state index contributed by atoms with van der Waals surface area (Å²) >= 11 is 0. The number of furan rings is 2. The number of aromatic nitrogens is 2. The maximum absolute atomic E-state index is 10.0. The Hall–Kier alpha value is -8.84. The van der Waals surface area contributed by atoms with E-state index in [9.17, 15) is 10.5 Å². The van der Waals surface area contributed by atoms with Crippen molar-refractivity contribution in [1.29, 1.82) is 10.5 Å². The molecular formula is C56H30N4O2. The third-order valence-electron chi connectivity index (χ3n) is 12.6. The van der Waals surface area contributed by atoms with E-state index >= 15 is 0 Å². The third kappa shape index (κ3) is 4.66. The van der Waals surface area contributed by atoms with E-state index in [-0.39, 0.29) is 0 Å². The van der Waals surface area contributed by atoms with Gasteiger partial charge in [0.2, 0.25) is 0 Å². The first-order valence-corrected chi connectivity index (χ1v) is 20.5. The maximum atomic E-state index is 10.0. The molecule has 13 rings (SSSR count). The molecule has 0 radical (unpaired) electrons. The molecule has 0 aliphatic carbocycles. The molecule has 0 unspecified atom stereocenters. The zero-order valence-corrected chi connectivity index (χ0v) is 32.9. The fourth-order valence-electron chi connectivity index (χ4n) is 9.96. The predicted molar refractivity (Wildman–Crippen MR) is 250 cm³/mol. The molecule has 13 aromatic rings. The van der Waals surface area contributed by atoms with Gasteiger partial charge < -0.3 is 18.0 Å². The highest BCUT2D eigenvalue weighted by atomic mass is 16.3. The first kappa shape index (κ1) is 34.1. The summed E-state index contributed by atoms with van der Waals surface area (Å²) in [6.07, 6.45) is 0. The number of benzene rings is 9. The van der Waals surface area contributed by atoms with Gasteiger partial charge in [-0.1, -0.05) is 109 Å². The highest BCUT2D eigenvalue weighted by Crippen LogP contribution is 2.45. The topological polar surface area (TPSA) is 83.7 Å². The van der Waals surface area contributed by atoms with Crippen molar-refractivity contribution >= 4 is 87.5 Å². The van der Waals surface area contributed by atoms with Gasteiger partial charge in [0.1, 0.15) is 22.3 Å². The highest BCUT2D eigenvalue weighted by molar-refractivity contribution is 6.25. The van der Waals surface area contributed by atoms with Crippen molar-refractivity contribution in [2.24, 2.45) is 0 Å². The molecule has 62 heavy (non-hydrogen) atoms. The molecule has 6 heteroatoms. The minimum Gasteiger partial charge on any atom is -0.455 e. The lowest BCUT2D eigenvalue weighted by molar-refractivity contribution is 0.672. The van der Waals surface area contributed by atoms with Gasteiger partial charge in [0, 0.05) is 49.1 Å². The summed E-state index contributed by atoms with van der Waals surface area (Å²) in [6.45, 7) is 0. The highest BCUT2D eigenvalue weighted by Gasteiger charge is 2.23. The number of hydrogen-bond donors (Lipinski definition) is 0. The Morgan fingerprint density at radius 2 is 0.887 bits per heavy atom. The second-order valence-electron chi connectivity index (χ2n) is 15.8. The molecular weight excluding hydrogens is 761 g/mol. The Morgan fingerprint density at radius 3 is 1.47 bits per heavy atom. The van der Waals surface area contributed by atoms with Crippen molar-refractivity contribution in [1.82, 2.24) is 9.13 Å². The van der Waals surface area contributed by atoms with E-state index in [1.54, 1.807) is 18.2 Å². The number of hydrogen-bond acceptors (Lipinski definition) is 4. The first-order valence-electron chi connectivity index (χ1n) is 20.5. The van der Waals surface area contributed by atoms with E-state index in [0.29, 0.717) is 16.7 Å². The third-order valence-corrected chi connectivity index (χ3v) is 12.6. The average Bonchev–Trinajstić information content (AvgIpc) is 4.08. The lowest BCUT2D eigenvalue weighted by Crippen LogP contribution is -2.01. The summed E-state index contributed by atoms with van der Waals surface area (Å²) in [4.78, 5) is 0. The molecule has 0 saturated carbocycles. The van der Waals surface area contributed by atoms with E-state index in [0.717, 1.165) is 116 Å². The summed E-state index contributed by atoms with van der Waals surface area (Å²) in [5, 5.41) is 28.7. The Bertz CT molecular complexity index is 4090. The van der Waals surface area contributed by atoms with Crippen LogP contribution < -0.4 is 0 Å². The average molecular weight is 791 g/mol. The molecule has 4 heterocycles. The van der Waals surface area contributed by atoms with Gasteiger partial charge in [-0.05, 0) is 83.9 Å². The second kappa shape index (κ2) is 12.8. The van der Waals surface area contributed by atoms with Crippen molar-refractivity contribution < 1.29 is 8.83 Å². The molecule has 6 nitrogen and oxygen atoms in total. The minimum absolute atomic E-state index is 0.468. The Labute approximate surface area is 353 Å². The molecule has 0 fully saturated rings. The molecule has 4 aromatic heterocycles. The van der Waals surface area contributed by atoms with Gasteiger partial charge in [-0.2, -0.15) is 10.5 Å². The van der Waals surface area contributed by atoms with Gasteiger partial charge in [-0.3, -0.25) is 0 Å².